The Balaban J connectivity index is 1.58. The zero-order chi connectivity index (χ0) is 21.0. The van der Waals surface area contributed by atoms with Crippen molar-refractivity contribution in [1.82, 2.24) is 14.7 Å². The van der Waals surface area contributed by atoms with Gasteiger partial charge >= 0.3 is 0 Å². The predicted molar refractivity (Wildman–Crippen MR) is 109 cm³/mol. The van der Waals surface area contributed by atoms with E-state index in [2.05, 4.69) is 14.7 Å². The number of benzene rings is 1. The van der Waals surface area contributed by atoms with Crippen molar-refractivity contribution >= 4 is 38.7 Å². The maximum absolute atomic E-state index is 13.2. The van der Waals surface area contributed by atoms with Crippen LogP contribution in [-0.4, -0.2) is 24.2 Å². The standard InChI is InChI=1S/C19H17ClFN3O3S2/c1-12-11-28-19(24-12)7-6-18(25)13-2-3-14(22-9-13)10-23-29(26,27)15-4-5-17(21)16(20)8-15/h2-5,8-9,11,23H,6-7,10H2,1H3. The lowest BCUT2D eigenvalue weighted by atomic mass is 10.1. The van der Waals surface area contributed by atoms with Gasteiger partial charge in [-0.15, -0.1) is 11.3 Å². The van der Waals surface area contributed by atoms with Gasteiger partial charge in [-0.3, -0.25) is 9.78 Å². The molecule has 6 nitrogen and oxygen atoms in total. The van der Waals surface area contributed by atoms with Gasteiger partial charge in [0, 0.05) is 35.7 Å². The van der Waals surface area contributed by atoms with Gasteiger partial charge in [-0.25, -0.2) is 22.5 Å². The largest absolute Gasteiger partial charge is 0.294 e. The molecule has 29 heavy (non-hydrogen) atoms. The number of aryl methyl sites for hydroxylation is 2. The average molecular weight is 454 g/mol. The van der Waals surface area contributed by atoms with E-state index in [1.54, 1.807) is 12.1 Å². The highest BCUT2D eigenvalue weighted by Crippen LogP contribution is 2.19. The summed E-state index contributed by atoms with van der Waals surface area (Å²) in [6.07, 6.45) is 2.32. The third-order valence-electron chi connectivity index (χ3n) is 4.02. The summed E-state index contributed by atoms with van der Waals surface area (Å²) in [7, 11) is -3.88. The van der Waals surface area contributed by atoms with E-state index >= 15 is 0 Å². The van der Waals surface area contributed by atoms with Gasteiger partial charge in [-0.1, -0.05) is 11.6 Å². The summed E-state index contributed by atoms with van der Waals surface area (Å²) in [6, 6.07) is 6.35. The van der Waals surface area contributed by atoms with E-state index in [1.807, 2.05) is 12.3 Å². The number of thiazole rings is 1. The Labute approximate surface area is 176 Å². The van der Waals surface area contributed by atoms with E-state index in [1.165, 1.54) is 17.5 Å². The maximum atomic E-state index is 13.2. The topological polar surface area (TPSA) is 89.0 Å². The number of ketones is 1. The Morgan fingerprint density at radius 3 is 2.69 bits per heavy atom. The molecule has 2 heterocycles. The predicted octanol–water partition coefficient (Wildman–Crippen LogP) is 3.93. The second kappa shape index (κ2) is 9.08. The second-order valence-corrected chi connectivity index (χ2v) is 9.36. The van der Waals surface area contributed by atoms with Crippen LogP contribution in [0.15, 0.2) is 46.8 Å². The molecule has 2 aromatic heterocycles. The summed E-state index contributed by atoms with van der Waals surface area (Å²) in [6.45, 7) is 1.83. The Kier molecular flexibility index (Phi) is 6.74. The minimum Gasteiger partial charge on any atom is -0.294 e. The molecule has 152 valence electrons. The number of hydrogen-bond acceptors (Lipinski definition) is 6. The number of rotatable bonds is 8. The molecule has 0 spiro atoms. The molecule has 0 amide bonds. The summed E-state index contributed by atoms with van der Waals surface area (Å²) in [5, 5.41) is 2.58. The first-order valence-electron chi connectivity index (χ1n) is 8.58. The van der Waals surface area contributed by atoms with E-state index in [-0.39, 0.29) is 22.2 Å². The molecule has 3 aromatic rings. The van der Waals surface area contributed by atoms with Crippen LogP contribution in [0.25, 0.3) is 0 Å². The van der Waals surface area contributed by atoms with Crippen LogP contribution in [0, 0.1) is 12.7 Å². The number of nitrogens with one attached hydrogen (secondary N) is 1. The molecule has 0 fully saturated rings. The summed E-state index contributed by atoms with van der Waals surface area (Å²) in [5.41, 5.74) is 1.83. The summed E-state index contributed by atoms with van der Waals surface area (Å²) < 4.78 is 40.2. The molecule has 0 bridgehead atoms. The second-order valence-electron chi connectivity index (χ2n) is 6.24. The number of carbonyl (C=O) groups excluding carboxylic acids is 1. The number of aromatic nitrogens is 2. The molecule has 0 atom stereocenters. The van der Waals surface area contributed by atoms with Crippen LogP contribution in [0.5, 0.6) is 0 Å². The monoisotopic (exact) mass is 453 g/mol. The Bertz CT molecular complexity index is 1130. The minimum atomic E-state index is -3.88. The van der Waals surface area contributed by atoms with E-state index < -0.39 is 15.8 Å². The Morgan fingerprint density at radius 2 is 2.07 bits per heavy atom. The highest BCUT2D eigenvalue weighted by molar-refractivity contribution is 7.89. The molecule has 0 radical (unpaired) electrons. The van der Waals surface area contributed by atoms with E-state index in [0.717, 1.165) is 28.9 Å². The zero-order valence-corrected chi connectivity index (χ0v) is 17.7. The molecule has 10 heteroatoms. The number of pyridine rings is 1. The normalized spacial score (nSPS) is 11.6. The zero-order valence-electron chi connectivity index (χ0n) is 15.4. The fraction of sp³-hybridized carbons (Fsp3) is 0.211. The van der Waals surface area contributed by atoms with Gasteiger partial charge in [0.15, 0.2) is 5.78 Å². The van der Waals surface area contributed by atoms with Gasteiger partial charge in [0.05, 0.1) is 27.2 Å². The smallest absolute Gasteiger partial charge is 0.240 e. The van der Waals surface area contributed by atoms with E-state index in [4.69, 9.17) is 11.6 Å². The van der Waals surface area contributed by atoms with Gasteiger partial charge in [0.1, 0.15) is 5.82 Å². The molecule has 0 aliphatic rings. The molecular formula is C19H17ClFN3O3S2. The van der Waals surface area contributed by atoms with Crippen molar-refractivity contribution in [3.05, 3.63) is 74.7 Å². The molecular weight excluding hydrogens is 437 g/mol. The van der Waals surface area contributed by atoms with Crippen LogP contribution in [0.1, 0.15) is 33.2 Å². The first-order valence-corrected chi connectivity index (χ1v) is 11.3. The minimum absolute atomic E-state index is 0.0570. The van der Waals surface area contributed by atoms with Crippen LogP contribution in [0.3, 0.4) is 0 Å². The van der Waals surface area contributed by atoms with Crippen LogP contribution in [0.4, 0.5) is 4.39 Å². The van der Waals surface area contributed by atoms with Crippen molar-refractivity contribution in [3.63, 3.8) is 0 Å². The van der Waals surface area contributed by atoms with Crippen molar-refractivity contribution in [3.8, 4) is 0 Å². The third kappa shape index (κ3) is 5.66. The fourth-order valence-electron chi connectivity index (χ4n) is 2.47. The number of sulfonamides is 1. The molecule has 0 unspecified atom stereocenters. The molecule has 0 saturated heterocycles. The van der Waals surface area contributed by atoms with Gasteiger partial charge in [-0.05, 0) is 37.3 Å². The van der Waals surface area contributed by atoms with Crippen molar-refractivity contribution < 1.29 is 17.6 Å². The van der Waals surface area contributed by atoms with Gasteiger partial charge in [0.2, 0.25) is 10.0 Å². The van der Waals surface area contributed by atoms with Crippen LogP contribution in [0.2, 0.25) is 5.02 Å². The Morgan fingerprint density at radius 1 is 1.28 bits per heavy atom. The maximum Gasteiger partial charge on any atom is 0.240 e. The number of carbonyl (C=O) groups is 1. The highest BCUT2D eigenvalue weighted by atomic mass is 35.5. The first-order chi connectivity index (χ1) is 13.7. The third-order valence-corrected chi connectivity index (χ3v) is 6.74. The summed E-state index contributed by atoms with van der Waals surface area (Å²) >= 11 is 7.16. The molecule has 0 aliphatic carbocycles. The Hall–Kier alpha value is -2.20. The lowest BCUT2D eigenvalue weighted by Crippen LogP contribution is -2.23. The first kappa shape index (κ1) is 21.5. The van der Waals surface area contributed by atoms with E-state index in [0.29, 0.717) is 24.1 Å². The molecule has 0 saturated carbocycles. The van der Waals surface area contributed by atoms with Crippen molar-refractivity contribution in [2.75, 3.05) is 0 Å². The van der Waals surface area contributed by atoms with Crippen LogP contribution >= 0.6 is 22.9 Å². The molecule has 0 aliphatic heterocycles. The van der Waals surface area contributed by atoms with Gasteiger partial charge < -0.3 is 0 Å². The average Bonchev–Trinajstić information content (AvgIpc) is 3.12. The van der Waals surface area contributed by atoms with Crippen LogP contribution < -0.4 is 4.72 Å². The lowest BCUT2D eigenvalue weighted by Gasteiger charge is -2.08. The van der Waals surface area contributed by atoms with Crippen molar-refractivity contribution in [1.29, 1.82) is 0 Å². The van der Waals surface area contributed by atoms with Crippen LogP contribution in [-0.2, 0) is 23.0 Å². The van der Waals surface area contributed by atoms with E-state index in [9.17, 15) is 17.6 Å². The number of nitrogens with zero attached hydrogens (tertiary/aromatic N) is 2. The highest BCUT2D eigenvalue weighted by Gasteiger charge is 2.16. The van der Waals surface area contributed by atoms with Crippen molar-refractivity contribution in [2.24, 2.45) is 0 Å². The number of halogens is 2. The fourth-order valence-corrected chi connectivity index (χ4v) is 4.52. The van der Waals surface area contributed by atoms with Gasteiger partial charge in [0.25, 0.3) is 0 Å². The summed E-state index contributed by atoms with van der Waals surface area (Å²) in [5.74, 6) is -0.754. The van der Waals surface area contributed by atoms with Gasteiger partial charge in [-0.2, -0.15) is 0 Å². The lowest BCUT2D eigenvalue weighted by molar-refractivity contribution is 0.0982. The molecule has 1 N–H and O–H groups in total. The number of hydrogen-bond donors (Lipinski definition) is 1. The molecule has 3 rings (SSSR count). The SMILES string of the molecule is Cc1csc(CCC(=O)c2ccc(CNS(=O)(=O)c3ccc(F)c(Cl)c3)nc2)n1. The number of Topliss-reactive ketones (excluding diaryl/α,β-unsaturated/α-hetero) is 1. The van der Waals surface area contributed by atoms with Crippen molar-refractivity contribution in [2.45, 2.75) is 31.2 Å². The molecule has 1 aromatic carbocycles. The quantitative estimate of drug-likeness (QED) is 0.522. The summed E-state index contributed by atoms with van der Waals surface area (Å²) in [4.78, 5) is 20.6.